The van der Waals surface area contributed by atoms with Crippen molar-refractivity contribution in [2.45, 2.75) is 0 Å². The van der Waals surface area contributed by atoms with Crippen LogP contribution in [0.25, 0.3) is 10.9 Å². The van der Waals surface area contributed by atoms with E-state index in [9.17, 15) is 0 Å². The maximum Gasteiger partial charge on any atom is 0.107 e. The molecule has 3 nitrogen and oxygen atoms in total. The van der Waals surface area contributed by atoms with E-state index in [1.807, 2.05) is 10.8 Å². The van der Waals surface area contributed by atoms with Crippen molar-refractivity contribution in [2.24, 2.45) is 0 Å². The molecule has 0 aliphatic carbocycles. The van der Waals surface area contributed by atoms with Gasteiger partial charge in [0.1, 0.15) is 5.52 Å². The highest BCUT2D eigenvalue weighted by molar-refractivity contribution is 7.09. The summed E-state index contributed by atoms with van der Waals surface area (Å²) in [5, 5.41) is 15.9. The summed E-state index contributed by atoms with van der Waals surface area (Å²) in [6, 6.07) is 0. The average molecular weight is 137 g/mol. The molecule has 0 amide bonds. The first-order valence-corrected chi connectivity index (χ1v) is 3.41. The summed E-state index contributed by atoms with van der Waals surface area (Å²) in [5.41, 5.74) is 0.926. The van der Waals surface area contributed by atoms with Gasteiger partial charge in [-0.2, -0.15) is 0 Å². The fourth-order valence-electron chi connectivity index (χ4n) is 0.640. The zero-order valence-corrected chi connectivity index (χ0v) is 5.30. The predicted octanol–water partition coefficient (Wildman–Crippen LogP) is 1.09. The highest BCUT2D eigenvalue weighted by Crippen LogP contribution is 2.12. The normalized spacial score (nSPS) is 10.2. The van der Waals surface area contributed by atoms with E-state index >= 15 is 0 Å². The van der Waals surface area contributed by atoms with Gasteiger partial charge >= 0.3 is 0 Å². The number of hydrogen-bond acceptors (Lipinski definition) is 4. The zero-order valence-electron chi connectivity index (χ0n) is 4.48. The highest BCUT2D eigenvalue weighted by Gasteiger charge is 1.91. The van der Waals surface area contributed by atoms with E-state index in [2.05, 4.69) is 15.4 Å². The summed E-state index contributed by atoms with van der Waals surface area (Å²) in [4.78, 5) is 0. The van der Waals surface area contributed by atoms with Crippen molar-refractivity contribution in [1.29, 1.82) is 0 Å². The fraction of sp³-hybridized carbons (Fsp3) is 0. The van der Waals surface area contributed by atoms with Crippen LogP contribution in [-0.2, 0) is 0 Å². The quantitative estimate of drug-likeness (QED) is 0.545. The van der Waals surface area contributed by atoms with E-state index < -0.39 is 0 Å². The molecule has 0 radical (unpaired) electrons. The molecule has 0 saturated heterocycles. The third-order valence-corrected chi connectivity index (χ3v) is 1.82. The molecule has 0 spiro atoms. The SMILES string of the molecule is c1nnnc2cscc12. The predicted molar refractivity (Wildman–Crippen MR) is 35.2 cm³/mol. The molecule has 9 heavy (non-hydrogen) atoms. The molecule has 0 N–H and O–H groups in total. The lowest BCUT2D eigenvalue weighted by molar-refractivity contribution is 0.897. The zero-order chi connectivity index (χ0) is 6.10. The molecule has 2 aromatic heterocycles. The van der Waals surface area contributed by atoms with E-state index in [0.29, 0.717) is 0 Å². The van der Waals surface area contributed by atoms with Crippen LogP contribution in [-0.4, -0.2) is 15.4 Å². The summed E-state index contributed by atoms with van der Waals surface area (Å²) in [6.07, 6.45) is 1.71. The molecule has 2 heterocycles. The lowest BCUT2D eigenvalue weighted by Gasteiger charge is -1.79. The molecule has 0 atom stereocenters. The molecule has 2 aromatic rings. The van der Waals surface area contributed by atoms with Crippen LogP contribution in [0.3, 0.4) is 0 Å². The van der Waals surface area contributed by atoms with Crippen molar-refractivity contribution in [3.05, 3.63) is 17.0 Å². The van der Waals surface area contributed by atoms with Gasteiger partial charge in [0.05, 0.1) is 6.20 Å². The van der Waals surface area contributed by atoms with Gasteiger partial charge in [-0.15, -0.1) is 21.5 Å². The van der Waals surface area contributed by atoms with E-state index in [4.69, 9.17) is 0 Å². The number of aromatic nitrogens is 3. The third kappa shape index (κ3) is 0.675. The van der Waals surface area contributed by atoms with Crippen molar-refractivity contribution < 1.29 is 0 Å². The van der Waals surface area contributed by atoms with Crippen LogP contribution >= 0.6 is 11.3 Å². The lowest BCUT2D eigenvalue weighted by atomic mass is 10.4. The number of rotatable bonds is 0. The summed E-state index contributed by atoms with van der Waals surface area (Å²) in [6.45, 7) is 0. The van der Waals surface area contributed by atoms with Gasteiger partial charge in [-0.1, -0.05) is 0 Å². The van der Waals surface area contributed by atoms with E-state index in [1.165, 1.54) is 0 Å². The summed E-state index contributed by atoms with van der Waals surface area (Å²) < 4.78 is 0. The summed E-state index contributed by atoms with van der Waals surface area (Å²) in [7, 11) is 0. The van der Waals surface area contributed by atoms with Crippen molar-refractivity contribution in [2.75, 3.05) is 0 Å². The number of thiophene rings is 1. The summed E-state index contributed by atoms with van der Waals surface area (Å²) in [5.74, 6) is 0. The minimum atomic E-state index is 0.926. The molecule has 0 unspecified atom stereocenters. The van der Waals surface area contributed by atoms with Gasteiger partial charge in [0.25, 0.3) is 0 Å². The average Bonchev–Trinajstić information content (AvgIpc) is 2.33. The lowest BCUT2D eigenvalue weighted by Crippen LogP contribution is -1.81. The van der Waals surface area contributed by atoms with Crippen molar-refractivity contribution in [3.63, 3.8) is 0 Å². The molecule has 0 aliphatic heterocycles. The molecule has 2 rings (SSSR count). The number of nitrogens with zero attached hydrogens (tertiary/aromatic N) is 3. The first-order valence-electron chi connectivity index (χ1n) is 2.47. The topological polar surface area (TPSA) is 38.7 Å². The minimum Gasteiger partial charge on any atom is -0.149 e. The molecular weight excluding hydrogens is 134 g/mol. The molecular formula is C5H3N3S. The first kappa shape index (κ1) is 4.81. The van der Waals surface area contributed by atoms with Crippen LogP contribution in [0.15, 0.2) is 17.0 Å². The Kier molecular flexibility index (Phi) is 0.927. The molecule has 0 aliphatic rings. The Labute approximate surface area is 55.3 Å². The molecule has 44 valence electrons. The second-order valence-corrected chi connectivity index (χ2v) is 2.39. The second kappa shape index (κ2) is 1.73. The Morgan fingerprint density at radius 1 is 1.33 bits per heavy atom. The van der Waals surface area contributed by atoms with Gasteiger partial charge in [-0.25, -0.2) is 0 Å². The van der Waals surface area contributed by atoms with Gasteiger partial charge in [-0.3, -0.25) is 0 Å². The minimum absolute atomic E-state index is 0.926. The first-order chi connectivity index (χ1) is 4.47. The fourth-order valence-corrected chi connectivity index (χ4v) is 1.35. The van der Waals surface area contributed by atoms with Gasteiger partial charge in [0.2, 0.25) is 0 Å². The monoisotopic (exact) mass is 137 g/mol. The smallest absolute Gasteiger partial charge is 0.107 e. The van der Waals surface area contributed by atoms with Gasteiger partial charge in [0.15, 0.2) is 0 Å². The summed E-state index contributed by atoms with van der Waals surface area (Å²) >= 11 is 1.61. The largest absolute Gasteiger partial charge is 0.149 e. The number of hydrogen-bond donors (Lipinski definition) is 0. The second-order valence-electron chi connectivity index (χ2n) is 1.65. The molecule has 0 saturated carbocycles. The maximum absolute atomic E-state index is 3.79. The van der Waals surface area contributed by atoms with Crippen molar-refractivity contribution in [3.8, 4) is 0 Å². The van der Waals surface area contributed by atoms with E-state index in [0.717, 1.165) is 10.9 Å². The van der Waals surface area contributed by atoms with Gasteiger partial charge in [0, 0.05) is 16.1 Å². The van der Waals surface area contributed by atoms with Crippen LogP contribution in [0.1, 0.15) is 0 Å². The van der Waals surface area contributed by atoms with Gasteiger partial charge in [-0.05, 0) is 5.21 Å². The maximum atomic E-state index is 3.79. The van der Waals surface area contributed by atoms with Crippen molar-refractivity contribution >= 4 is 22.2 Å². The van der Waals surface area contributed by atoms with Crippen LogP contribution in [0.5, 0.6) is 0 Å². The molecule has 0 fully saturated rings. The Bertz CT molecular complexity index is 286. The molecule has 0 bridgehead atoms. The standard InChI is InChI=1S/C5H3N3S/c1-4-2-9-3-5(4)7-8-6-1/h1-3H. The van der Waals surface area contributed by atoms with Crippen molar-refractivity contribution in [1.82, 2.24) is 15.4 Å². The van der Waals surface area contributed by atoms with E-state index in [1.54, 1.807) is 17.5 Å². The van der Waals surface area contributed by atoms with Crippen LogP contribution in [0.2, 0.25) is 0 Å². The number of fused-ring (bicyclic) bond motifs is 1. The Morgan fingerprint density at radius 3 is 3.22 bits per heavy atom. The Balaban J connectivity index is 2.95. The Morgan fingerprint density at radius 2 is 2.33 bits per heavy atom. The van der Waals surface area contributed by atoms with Crippen LogP contribution < -0.4 is 0 Å². The van der Waals surface area contributed by atoms with E-state index in [-0.39, 0.29) is 0 Å². The third-order valence-electron chi connectivity index (χ3n) is 1.07. The molecule has 4 heteroatoms. The van der Waals surface area contributed by atoms with Crippen LogP contribution in [0.4, 0.5) is 0 Å². The highest BCUT2D eigenvalue weighted by atomic mass is 32.1. The van der Waals surface area contributed by atoms with Crippen LogP contribution in [0, 0.1) is 0 Å². The van der Waals surface area contributed by atoms with Gasteiger partial charge < -0.3 is 0 Å². The molecule has 0 aromatic carbocycles. The Hall–Kier alpha value is -1.03.